The van der Waals surface area contributed by atoms with Gasteiger partial charge in [-0.25, -0.2) is 4.98 Å². The highest BCUT2D eigenvalue weighted by molar-refractivity contribution is 6.30. The monoisotopic (exact) mass is 368 g/mol. The van der Waals surface area contributed by atoms with E-state index in [-0.39, 0.29) is 11.5 Å². The summed E-state index contributed by atoms with van der Waals surface area (Å²) in [5.74, 6) is -0.371. The van der Waals surface area contributed by atoms with Gasteiger partial charge in [0.1, 0.15) is 5.65 Å². The van der Waals surface area contributed by atoms with Gasteiger partial charge in [-0.2, -0.15) is 0 Å². The van der Waals surface area contributed by atoms with Crippen molar-refractivity contribution in [3.8, 4) is 0 Å². The fraction of sp³-hybridized carbons (Fsp3) is 0.211. The lowest BCUT2D eigenvalue weighted by Crippen LogP contribution is -2.48. The number of aromatic nitrogens is 2. The number of benzene rings is 1. The van der Waals surface area contributed by atoms with Crippen LogP contribution in [0.5, 0.6) is 0 Å². The van der Waals surface area contributed by atoms with Crippen molar-refractivity contribution in [2.75, 3.05) is 0 Å². The third kappa shape index (κ3) is 3.09. The molecule has 6 nitrogen and oxygen atoms in total. The van der Waals surface area contributed by atoms with Crippen molar-refractivity contribution >= 4 is 23.2 Å². The number of hydrogen-bond donors (Lipinski definition) is 1. The Labute approximate surface area is 154 Å². The van der Waals surface area contributed by atoms with Crippen LogP contribution in [0.2, 0.25) is 5.02 Å². The largest absolute Gasteiger partial charge is 0.368 e. The Morgan fingerprint density at radius 2 is 2.00 bits per heavy atom. The summed E-state index contributed by atoms with van der Waals surface area (Å²) >= 11 is 5.94. The first kappa shape index (κ1) is 16.8. The molecule has 4 rings (SSSR count). The number of hydrogen-bond acceptors (Lipinski definition) is 4. The molecule has 1 aliphatic rings. The van der Waals surface area contributed by atoms with Crippen LogP contribution < -0.4 is 11.3 Å². The third-order valence-corrected chi connectivity index (χ3v) is 4.94. The summed E-state index contributed by atoms with van der Waals surface area (Å²) in [6.45, 7) is 0.960. The maximum atomic E-state index is 12.4. The molecule has 0 saturated heterocycles. The summed E-state index contributed by atoms with van der Waals surface area (Å²) in [4.78, 5) is 30.8. The second kappa shape index (κ2) is 6.55. The summed E-state index contributed by atoms with van der Waals surface area (Å²) in [5.41, 5.74) is 8.83. The van der Waals surface area contributed by atoms with Gasteiger partial charge in [-0.15, -0.1) is 0 Å². The minimum atomic E-state index is -0.421. The van der Waals surface area contributed by atoms with Crippen LogP contribution >= 0.6 is 11.6 Å². The van der Waals surface area contributed by atoms with Gasteiger partial charge in [0.2, 0.25) is 5.91 Å². The summed E-state index contributed by atoms with van der Waals surface area (Å²) in [5, 5.41) is 0.468. The van der Waals surface area contributed by atoms with E-state index < -0.39 is 6.04 Å². The van der Waals surface area contributed by atoms with Crippen molar-refractivity contribution in [3.05, 3.63) is 80.9 Å². The maximum Gasteiger partial charge on any atom is 0.258 e. The highest BCUT2D eigenvalue weighted by atomic mass is 35.5. The van der Waals surface area contributed by atoms with Crippen LogP contribution in [-0.4, -0.2) is 26.2 Å². The van der Waals surface area contributed by atoms with Crippen molar-refractivity contribution in [2.24, 2.45) is 5.73 Å². The average molecular weight is 369 g/mol. The highest BCUT2D eigenvalue weighted by Gasteiger charge is 2.30. The number of carbonyl (C=O) groups excluding carboxylic acids is 1. The number of rotatable bonds is 3. The lowest BCUT2D eigenvalue weighted by Gasteiger charge is -2.34. The third-order valence-electron chi connectivity index (χ3n) is 4.72. The van der Waals surface area contributed by atoms with E-state index in [2.05, 4.69) is 4.98 Å². The standard InChI is InChI=1S/C19H17ClN4O2/c20-14-5-6-17-22-15(8-18(25)24(17)10-14)11-23-9-13-4-2-1-3-12(13)7-16(23)19(21)26/h1-6,8,10,16H,7,9,11H2,(H2,21,26)/t16-/m0/s1. The summed E-state index contributed by atoms with van der Waals surface area (Å²) in [6.07, 6.45) is 2.10. The zero-order valence-electron chi connectivity index (χ0n) is 13.9. The number of nitrogens with zero attached hydrogens (tertiary/aromatic N) is 3. The smallest absolute Gasteiger partial charge is 0.258 e. The molecular formula is C19H17ClN4O2. The summed E-state index contributed by atoms with van der Waals surface area (Å²) in [6, 6.07) is 12.4. The molecule has 0 radical (unpaired) electrons. The lowest BCUT2D eigenvalue weighted by molar-refractivity contribution is -0.124. The van der Waals surface area contributed by atoms with E-state index in [1.165, 1.54) is 10.5 Å². The fourth-order valence-corrected chi connectivity index (χ4v) is 3.60. The molecule has 7 heteroatoms. The van der Waals surface area contributed by atoms with E-state index in [4.69, 9.17) is 17.3 Å². The fourth-order valence-electron chi connectivity index (χ4n) is 3.44. The topological polar surface area (TPSA) is 80.7 Å². The molecule has 1 atom stereocenters. The van der Waals surface area contributed by atoms with Gasteiger partial charge >= 0.3 is 0 Å². The Kier molecular flexibility index (Phi) is 4.22. The van der Waals surface area contributed by atoms with Crippen molar-refractivity contribution < 1.29 is 4.79 Å². The van der Waals surface area contributed by atoms with Gasteiger partial charge in [0.05, 0.1) is 16.8 Å². The second-order valence-corrected chi connectivity index (χ2v) is 6.89. The van der Waals surface area contributed by atoms with E-state index in [0.29, 0.717) is 35.9 Å². The first-order valence-electron chi connectivity index (χ1n) is 8.29. The van der Waals surface area contributed by atoms with Gasteiger partial charge in [-0.1, -0.05) is 35.9 Å². The quantitative estimate of drug-likeness (QED) is 0.763. The Bertz CT molecular complexity index is 1060. The van der Waals surface area contributed by atoms with E-state index in [0.717, 1.165) is 11.1 Å². The minimum Gasteiger partial charge on any atom is -0.368 e. The second-order valence-electron chi connectivity index (χ2n) is 6.46. The van der Waals surface area contributed by atoms with Crippen LogP contribution in [0.15, 0.2) is 53.5 Å². The van der Waals surface area contributed by atoms with Gasteiger partial charge < -0.3 is 5.73 Å². The molecule has 132 valence electrons. The Morgan fingerprint density at radius 1 is 1.23 bits per heavy atom. The van der Waals surface area contributed by atoms with E-state index in [1.807, 2.05) is 29.2 Å². The molecule has 0 bridgehead atoms. The maximum absolute atomic E-state index is 12.4. The molecule has 0 spiro atoms. The zero-order chi connectivity index (χ0) is 18.3. The minimum absolute atomic E-state index is 0.208. The molecule has 0 fully saturated rings. The number of amides is 1. The summed E-state index contributed by atoms with van der Waals surface area (Å²) in [7, 11) is 0. The Hall–Kier alpha value is -2.70. The number of carbonyl (C=O) groups is 1. The van der Waals surface area contributed by atoms with Crippen LogP contribution in [0, 0.1) is 0 Å². The van der Waals surface area contributed by atoms with Gasteiger partial charge in [0, 0.05) is 25.4 Å². The predicted octanol–water partition coefficient (Wildman–Crippen LogP) is 1.76. The van der Waals surface area contributed by atoms with Gasteiger partial charge in [-0.3, -0.25) is 18.9 Å². The van der Waals surface area contributed by atoms with Crippen LogP contribution in [-0.2, 0) is 24.3 Å². The molecule has 3 heterocycles. The zero-order valence-corrected chi connectivity index (χ0v) is 14.7. The molecule has 1 amide bonds. The van der Waals surface area contributed by atoms with Crippen molar-refractivity contribution in [1.82, 2.24) is 14.3 Å². The number of primary amides is 1. The summed E-state index contributed by atoms with van der Waals surface area (Å²) < 4.78 is 1.41. The normalized spacial score (nSPS) is 17.2. The number of halogens is 1. The van der Waals surface area contributed by atoms with Gasteiger partial charge in [-0.05, 0) is 29.7 Å². The first-order valence-corrected chi connectivity index (χ1v) is 8.67. The molecule has 1 aromatic carbocycles. The van der Waals surface area contributed by atoms with Gasteiger partial charge in [0.25, 0.3) is 5.56 Å². The first-order chi connectivity index (χ1) is 12.5. The van der Waals surface area contributed by atoms with Crippen LogP contribution in [0.3, 0.4) is 0 Å². The van der Waals surface area contributed by atoms with E-state index in [1.54, 1.807) is 18.3 Å². The molecule has 26 heavy (non-hydrogen) atoms. The molecular weight excluding hydrogens is 352 g/mol. The molecule has 0 saturated carbocycles. The average Bonchev–Trinajstić information content (AvgIpc) is 2.61. The highest BCUT2D eigenvalue weighted by Crippen LogP contribution is 2.24. The van der Waals surface area contributed by atoms with Crippen molar-refractivity contribution in [2.45, 2.75) is 25.6 Å². The van der Waals surface area contributed by atoms with E-state index in [9.17, 15) is 9.59 Å². The number of fused-ring (bicyclic) bond motifs is 2. The van der Waals surface area contributed by atoms with Crippen LogP contribution in [0.4, 0.5) is 0 Å². The van der Waals surface area contributed by atoms with Crippen molar-refractivity contribution in [3.63, 3.8) is 0 Å². The lowest BCUT2D eigenvalue weighted by atomic mass is 9.93. The SMILES string of the molecule is NC(=O)[C@@H]1Cc2ccccc2CN1Cc1cc(=O)n2cc(Cl)ccc2n1. The molecule has 1 aliphatic heterocycles. The van der Waals surface area contributed by atoms with Gasteiger partial charge in [0.15, 0.2) is 0 Å². The number of nitrogens with two attached hydrogens (primary N) is 1. The molecule has 0 unspecified atom stereocenters. The Morgan fingerprint density at radius 3 is 2.77 bits per heavy atom. The Balaban J connectivity index is 1.69. The molecule has 2 aromatic heterocycles. The molecule has 0 aliphatic carbocycles. The van der Waals surface area contributed by atoms with Crippen LogP contribution in [0.25, 0.3) is 5.65 Å². The van der Waals surface area contributed by atoms with Crippen LogP contribution in [0.1, 0.15) is 16.8 Å². The number of pyridine rings is 1. The molecule has 3 aromatic rings. The molecule has 2 N–H and O–H groups in total. The van der Waals surface area contributed by atoms with E-state index >= 15 is 0 Å². The van der Waals surface area contributed by atoms with Crippen molar-refractivity contribution in [1.29, 1.82) is 0 Å². The predicted molar refractivity (Wildman–Crippen MR) is 98.8 cm³/mol.